The largest absolute Gasteiger partial charge is 0.300 e. The first-order valence-electron chi connectivity index (χ1n) is 6.55. The van der Waals surface area contributed by atoms with Crippen LogP contribution in [0, 0.1) is 5.92 Å². The molecule has 2 heteroatoms. The monoisotopic (exact) mass is 209 g/mol. The molecule has 0 spiro atoms. The van der Waals surface area contributed by atoms with Crippen LogP contribution in [-0.4, -0.2) is 29.8 Å². The van der Waals surface area contributed by atoms with Gasteiger partial charge in [0.1, 0.15) is 5.78 Å². The zero-order valence-electron chi connectivity index (χ0n) is 9.87. The minimum Gasteiger partial charge on any atom is -0.300 e. The number of nitrogens with zero attached hydrogens (tertiary/aromatic N) is 1. The van der Waals surface area contributed by atoms with Crippen molar-refractivity contribution in [2.45, 2.75) is 57.9 Å². The molecule has 0 N–H and O–H groups in total. The van der Waals surface area contributed by atoms with Gasteiger partial charge in [0.2, 0.25) is 0 Å². The van der Waals surface area contributed by atoms with E-state index < -0.39 is 0 Å². The van der Waals surface area contributed by atoms with Gasteiger partial charge >= 0.3 is 0 Å². The molecule has 1 saturated heterocycles. The standard InChI is InChI=1S/C13H23NO/c1-2-3-11-6-8-14(9-7-11)12-4-5-13(15)10-12/h11-12H,2-10H2,1H3. The lowest BCUT2D eigenvalue weighted by atomic mass is 9.91. The molecule has 0 bridgehead atoms. The molecule has 0 aromatic rings. The number of hydrogen-bond donors (Lipinski definition) is 0. The third kappa shape index (κ3) is 2.81. The molecule has 1 aliphatic heterocycles. The number of piperidine rings is 1. The second kappa shape index (κ2) is 5.11. The average molecular weight is 209 g/mol. The summed E-state index contributed by atoms with van der Waals surface area (Å²) in [7, 11) is 0. The van der Waals surface area contributed by atoms with Crippen LogP contribution in [0.15, 0.2) is 0 Å². The van der Waals surface area contributed by atoms with Gasteiger partial charge in [-0.25, -0.2) is 0 Å². The van der Waals surface area contributed by atoms with Gasteiger partial charge in [0, 0.05) is 18.9 Å². The zero-order valence-corrected chi connectivity index (χ0v) is 9.87. The maximum atomic E-state index is 11.2. The van der Waals surface area contributed by atoms with Crippen LogP contribution in [0.1, 0.15) is 51.9 Å². The van der Waals surface area contributed by atoms with Crippen molar-refractivity contribution in [1.29, 1.82) is 0 Å². The van der Waals surface area contributed by atoms with Gasteiger partial charge in [0.25, 0.3) is 0 Å². The summed E-state index contributed by atoms with van der Waals surface area (Å²) in [6, 6.07) is 0.597. The summed E-state index contributed by atoms with van der Waals surface area (Å²) in [4.78, 5) is 13.8. The molecule has 1 unspecified atom stereocenters. The van der Waals surface area contributed by atoms with Gasteiger partial charge in [-0.1, -0.05) is 19.8 Å². The van der Waals surface area contributed by atoms with Crippen molar-refractivity contribution in [2.24, 2.45) is 5.92 Å². The fourth-order valence-corrected chi connectivity index (χ4v) is 3.12. The van der Waals surface area contributed by atoms with Gasteiger partial charge in [-0.05, 0) is 38.3 Å². The second-order valence-corrected chi connectivity index (χ2v) is 5.20. The number of Topliss-reactive ketones (excluding diaryl/α,β-unsaturated/α-hetero) is 1. The Bertz CT molecular complexity index is 219. The van der Waals surface area contributed by atoms with Crippen molar-refractivity contribution < 1.29 is 4.79 Å². The highest BCUT2D eigenvalue weighted by Crippen LogP contribution is 2.27. The summed E-state index contributed by atoms with van der Waals surface area (Å²) in [6.07, 6.45) is 8.23. The summed E-state index contributed by atoms with van der Waals surface area (Å²) < 4.78 is 0. The maximum Gasteiger partial charge on any atom is 0.134 e. The van der Waals surface area contributed by atoms with Gasteiger partial charge in [0.05, 0.1) is 0 Å². The first-order valence-corrected chi connectivity index (χ1v) is 6.55. The van der Waals surface area contributed by atoms with E-state index in [4.69, 9.17) is 0 Å². The molecule has 2 rings (SSSR count). The molecular weight excluding hydrogens is 186 g/mol. The summed E-state index contributed by atoms with van der Waals surface area (Å²) in [5.74, 6) is 1.44. The Hall–Kier alpha value is -0.370. The third-order valence-electron chi connectivity index (χ3n) is 4.08. The van der Waals surface area contributed by atoms with E-state index in [0.717, 1.165) is 25.2 Å². The van der Waals surface area contributed by atoms with E-state index in [1.165, 1.54) is 38.8 Å². The lowest BCUT2D eigenvalue weighted by molar-refractivity contribution is -0.117. The highest BCUT2D eigenvalue weighted by atomic mass is 16.1. The third-order valence-corrected chi connectivity index (χ3v) is 4.08. The highest BCUT2D eigenvalue weighted by molar-refractivity contribution is 5.81. The minimum absolute atomic E-state index is 0.482. The van der Waals surface area contributed by atoms with Crippen LogP contribution in [-0.2, 0) is 4.79 Å². The normalized spacial score (nSPS) is 29.9. The molecule has 1 aliphatic carbocycles. The van der Waals surface area contributed by atoms with Crippen molar-refractivity contribution in [3.8, 4) is 0 Å². The highest BCUT2D eigenvalue weighted by Gasteiger charge is 2.30. The van der Waals surface area contributed by atoms with Gasteiger partial charge < -0.3 is 0 Å². The van der Waals surface area contributed by atoms with Crippen molar-refractivity contribution in [2.75, 3.05) is 13.1 Å². The molecule has 1 heterocycles. The zero-order chi connectivity index (χ0) is 10.7. The quantitative estimate of drug-likeness (QED) is 0.712. The Morgan fingerprint density at radius 2 is 2.00 bits per heavy atom. The molecular formula is C13H23NO. The lowest BCUT2D eigenvalue weighted by Gasteiger charge is -2.35. The van der Waals surface area contributed by atoms with E-state index in [1.807, 2.05) is 0 Å². The smallest absolute Gasteiger partial charge is 0.134 e. The molecule has 2 aliphatic rings. The fourth-order valence-electron chi connectivity index (χ4n) is 3.12. The fraction of sp³-hybridized carbons (Fsp3) is 0.923. The van der Waals surface area contributed by atoms with Gasteiger partial charge in [-0.3, -0.25) is 9.69 Å². The number of carbonyl (C=O) groups is 1. The molecule has 1 saturated carbocycles. The summed E-state index contributed by atoms with van der Waals surface area (Å²) in [6.45, 7) is 4.76. The first kappa shape index (κ1) is 11.1. The van der Waals surface area contributed by atoms with Crippen LogP contribution in [0.4, 0.5) is 0 Å². The second-order valence-electron chi connectivity index (χ2n) is 5.20. The van der Waals surface area contributed by atoms with Crippen molar-refractivity contribution in [1.82, 2.24) is 4.90 Å². The van der Waals surface area contributed by atoms with Crippen LogP contribution in [0.5, 0.6) is 0 Å². The topological polar surface area (TPSA) is 20.3 Å². The molecule has 0 aromatic heterocycles. The molecule has 2 fully saturated rings. The Balaban J connectivity index is 1.75. The van der Waals surface area contributed by atoms with Crippen LogP contribution in [0.25, 0.3) is 0 Å². The Labute approximate surface area is 93.0 Å². The molecule has 15 heavy (non-hydrogen) atoms. The molecule has 0 radical (unpaired) electrons. The van der Waals surface area contributed by atoms with Crippen molar-refractivity contribution in [3.05, 3.63) is 0 Å². The van der Waals surface area contributed by atoms with Crippen molar-refractivity contribution in [3.63, 3.8) is 0 Å². The number of likely N-dealkylation sites (tertiary alicyclic amines) is 1. The van der Waals surface area contributed by atoms with E-state index in [0.29, 0.717) is 11.8 Å². The Morgan fingerprint density at radius 1 is 1.27 bits per heavy atom. The number of rotatable bonds is 3. The van der Waals surface area contributed by atoms with E-state index in [9.17, 15) is 4.79 Å². The SMILES string of the molecule is CCCC1CCN(C2CCC(=O)C2)CC1. The van der Waals surface area contributed by atoms with Gasteiger partial charge in [-0.15, -0.1) is 0 Å². The molecule has 86 valence electrons. The van der Waals surface area contributed by atoms with Gasteiger partial charge in [0.15, 0.2) is 0 Å². The van der Waals surface area contributed by atoms with E-state index in [1.54, 1.807) is 0 Å². The summed E-state index contributed by atoms with van der Waals surface area (Å²) >= 11 is 0. The Kier molecular flexibility index (Phi) is 3.79. The van der Waals surface area contributed by atoms with Crippen LogP contribution in [0.2, 0.25) is 0 Å². The van der Waals surface area contributed by atoms with E-state index in [2.05, 4.69) is 11.8 Å². The molecule has 0 aromatic carbocycles. The predicted molar refractivity (Wildman–Crippen MR) is 61.9 cm³/mol. The average Bonchev–Trinajstić information content (AvgIpc) is 2.67. The van der Waals surface area contributed by atoms with E-state index >= 15 is 0 Å². The van der Waals surface area contributed by atoms with Crippen LogP contribution in [0.3, 0.4) is 0 Å². The Morgan fingerprint density at radius 3 is 2.53 bits per heavy atom. The number of carbonyl (C=O) groups excluding carboxylic acids is 1. The van der Waals surface area contributed by atoms with E-state index in [-0.39, 0.29) is 0 Å². The number of hydrogen-bond acceptors (Lipinski definition) is 2. The first-order chi connectivity index (χ1) is 7.29. The lowest BCUT2D eigenvalue weighted by Crippen LogP contribution is -2.40. The molecule has 1 atom stereocenters. The minimum atomic E-state index is 0.482. The van der Waals surface area contributed by atoms with Crippen molar-refractivity contribution >= 4 is 5.78 Å². The summed E-state index contributed by atoms with van der Waals surface area (Å²) in [5, 5.41) is 0. The van der Waals surface area contributed by atoms with Crippen LogP contribution >= 0.6 is 0 Å². The maximum absolute atomic E-state index is 11.2. The van der Waals surface area contributed by atoms with Crippen LogP contribution < -0.4 is 0 Å². The van der Waals surface area contributed by atoms with Gasteiger partial charge in [-0.2, -0.15) is 0 Å². The predicted octanol–water partition coefficient (Wildman–Crippen LogP) is 2.62. The number of ketones is 1. The molecule has 2 nitrogen and oxygen atoms in total. The summed E-state index contributed by atoms with van der Waals surface area (Å²) in [5.41, 5.74) is 0. The molecule has 0 amide bonds.